The minimum atomic E-state index is -0.183. The monoisotopic (exact) mass is 359 g/mol. The molecule has 3 rings (SSSR count). The van der Waals surface area contributed by atoms with E-state index >= 15 is 0 Å². The Balaban J connectivity index is 1.40. The Labute approximate surface area is 157 Å². The van der Waals surface area contributed by atoms with E-state index in [1.54, 1.807) is 0 Å². The average Bonchev–Trinajstić information content (AvgIpc) is 2.67. The Morgan fingerprint density at radius 3 is 2.31 bits per heavy atom. The van der Waals surface area contributed by atoms with Crippen molar-refractivity contribution in [2.75, 3.05) is 19.7 Å². The van der Waals surface area contributed by atoms with Crippen molar-refractivity contribution < 1.29 is 14.3 Å². The van der Waals surface area contributed by atoms with Gasteiger partial charge in [-0.05, 0) is 69.1 Å². The molecule has 1 aliphatic heterocycles. The summed E-state index contributed by atoms with van der Waals surface area (Å²) in [7, 11) is 0. The zero-order valence-corrected chi connectivity index (χ0v) is 16.3. The molecule has 0 aromatic heterocycles. The summed E-state index contributed by atoms with van der Waals surface area (Å²) < 4.78 is 11.3. The Bertz CT molecular complexity index is 555. The third-order valence-electron chi connectivity index (χ3n) is 5.65. The first-order valence-electron chi connectivity index (χ1n) is 10.3. The number of ether oxygens (including phenoxy) is 2. The SMILES string of the molecule is CC(C)OC(=O)N1CCC(COc2ccc(C3CCCCC3)cc2)CC1. The Morgan fingerprint density at radius 2 is 1.69 bits per heavy atom. The number of likely N-dealkylation sites (tertiary alicyclic amines) is 1. The van der Waals surface area contributed by atoms with E-state index in [9.17, 15) is 4.79 Å². The molecule has 0 unspecified atom stereocenters. The largest absolute Gasteiger partial charge is 0.493 e. The van der Waals surface area contributed by atoms with Crippen LogP contribution in [-0.2, 0) is 4.74 Å². The summed E-state index contributed by atoms with van der Waals surface area (Å²) >= 11 is 0. The number of amides is 1. The van der Waals surface area contributed by atoms with Crippen LogP contribution in [0.5, 0.6) is 5.75 Å². The predicted octanol–water partition coefficient (Wildman–Crippen LogP) is 5.37. The lowest BCUT2D eigenvalue weighted by Gasteiger charge is -2.31. The Kier molecular flexibility index (Phi) is 6.81. The summed E-state index contributed by atoms with van der Waals surface area (Å²) in [6, 6.07) is 8.74. The second kappa shape index (κ2) is 9.29. The van der Waals surface area contributed by atoms with Crippen molar-refractivity contribution in [1.29, 1.82) is 0 Å². The molecule has 4 nitrogen and oxygen atoms in total. The van der Waals surface area contributed by atoms with Gasteiger partial charge in [0.25, 0.3) is 0 Å². The van der Waals surface area contributed by atoms with Gasteiger partial charge in [0.2, 0.25) is 0 Å². The number of nitrogens with zero attached hydrogens (tertiary/aromatic N) is 1. The second-order valence-corrected chi connectivity index (χ2v) is 8.08. The fourth-order valence-corrected chi connectivity index (χ4v) is 4.04. The van der Waals surface area contributed by atoms with Crippen LogP contribution in [0.1, 0.15) is 70.3 Å². The summed E-state index contributed by atoms with van der Waals surface area (Å²) in [6.45, 7) is 6.03. The molecule has 4 heteroatoms. The number of piperidine rings is 1. The van der Waals surface area contributed by atoms with Crippen molar-refractivity contribution in [1.82, 2.24) is 4.90 Å². The summed E-state index contributed by atoms with van der Waals surface area (Å²) in [5.41, 5.74) is 1.47. The van der Waals surface area contributed by atoms with Crippen LogP contribution in [0.3, 0.4) is 0 Å². The van der Waals surface area contributed by atoms with Crippen LogP contribution >= 0.6 is 0 Å². The fourth-order valence-electron chi connectivity index (χ4n) is 4.04. The van der Waals surface area contributed by atoms with Crippen molar-refractivity contribution in [3.8, 4) is 5.75 Å². The van der Waals surface area contributed by atoms with Crippen molar-refractivity contribution >= 4 is 6.09 Å². The molecule has 0 radical (unpaired) electrons. The smallest absolute Gasteiger partial charge is 0.410 e. The maximum Gasteiger partial charge on any atom is 0.410 e. The summed E-state index contributed by atoms with van der Waals surface area (Å²) in [4.78, 5) is 13.7. The average molecular weight is 360 g/mol. The minimum absolute atomic E-state index is 0.0554. The lowest BCUT2D eigenvalue weighted by Crippen LogP contribution is -2.40. The molecule has 1 heterocycles. The highest BCUT2D eigenvalue weighted by atomic mass is 16.6. The standard InChI is InChI=1S/C22H33NO3/c1-17(2)26-22(24)23-14-12-18(13-15-23)16-25-21-10-8-20(9-11-21)19-6-4-3-5-7-19/h8-11,17-19H,3-7,12-16H2,1-2H3. The number of hydrogen-bond acceptors (Lipinski definition) is 3. The molecular formula is C22H33NO3. The van der Waals surface area contributed by atoms with Gasteiger partial charge in [-0.15, -0.1) is 0 Å². The van der Waals surface area contributed by atoms with Gasteiger partial charge in [-0.3, -0.25) is 0 Å². The number of carbonyl (C=O) groups excluding carboxylic acids is 1. The van der Waals surface area contributed by atoms with Crippen molar-refractivity contribution in [2.24, 2.45) is 5.92 Å². The van der Waals surface area contributed by atoms with E-state index in [2.05, 4.69) is 24.3 Å². The highest BCUT2D eigenvalue weighted by Gasteiger charge is 2.24. The molecule has 1 aliphatic carbocycles. The normalized spacial score (nSPS) is 19.6. The third kappa shape index (κ3) is 5.39. The topological polar surface area (TPSA) is 38.8 Å². The fraction of sp³-hybridized carbons (Fsp3) is 0.682. The summed E-state index contributed by atoms with van der Waals surface area (Å²) in [5.74, 6) is 2.22. The van der Waals surface area contributed by atoms with Crippen LogP contribution in [0.2, 0.25) is 0 Å². The highest BCUT2D eigenvalue weighted by Crippen LogP contribution is 2.33. The van der Waals surface area contributed by atoms with Crippen molar-refractivity contribution in [2.45, 2.75) is 70.8 Å². The summed E-state index contributed by atoms with van der Waals surface area (Å²) in [6.07, 6.45) is 8.51. The van der Waals surface area contributed by atoms with Gasteiger partial charge < -0.3 is 14.4 Å². The van der Waals surface area contributed by atoms with Crippen molar-refractivity contribution in [3.63, 3.8) is 0 Å². The minimum Gasteiger partial charge on any atom is -0.493 e. The third-order valence-corrected chi connectivity index (χ3v) is 5.65. The molecule has 26 heavy (non-hydrogen) atoms. The van der Waals surface area contributed by atoms with E-state index in [0.29, 0.717) is 5.92 Å². The molecule has 2 aliphatic rings. The van der Waals surface area contributed by atoms with Gasteiger partial charge in [-0.25, -0.2) is 4.79 Å². The molecule has 0 N–H and O–H groups in total. The van der Waals surface area contributed by atoms with Gasteiger partial charge in [0.15, 0.2) is 0 Å². The second-order valence-electron chi connectivity index (χ2n) is 8.08. The molecule has 2 fully saturated rings. The number of carbonyl (C=O) groups is 1. The Hall–Kier alpha value is -1.71. The molecule has 0 bridgehead atoms. The zero-order valence-electron chi connectivity index (χ0n) is 16.3. The molecule has 0 spiro atoms. The lowest BCUT2D eigenvalue weighted by atomic mass is 9.84. The van der Waals surface area contributed by atoms with Crippen LogP contribution in [0.4, 0.5) is 4.79 Å². The van der Waals surface area contributed by atoms with Crippen LogP contribution < -0.4 is 4.74 Å². The van der Waals surface area contributed by atoms with Gasteiger partial charge in [0, 0.05) is 13.1 Å². The number of benzene rings is 1. The summed E-state index contributed by atoms with van der Waals surface area (Å²) in [5, 5.41) is 0. The molecule has 1 aromatic carbocycles. The quantitative estimate of drug-likeness (QED) is 0.709. The van der Waals surface area contributed by atoms with Crippen LogP contribution in [0.25, 0.3) is 0 Å². The molecule has 1 aromatic rings. The molecular weight excluding hydrogens is 326 g/mol. The number of rotatable bonds is 5. The van der Waals surface area contributed by atoms with E-state index in [4.69, 9.17) is 9.47 Å². The van der Waals surface area contributed by atoms with Gasteiger partial charge in [0.05, 0.1) is 12.7 Å². The Morgan fingerprint density at radius 1 is 1.04 bits per heavy atom. The molecule has 1 amide bonds. The van der Waals surface area contributed by atoms with Crippen LogP contribution in [-0.4, -0.2) is 36.8 Å². The lowest BCUT2D eigenvalue weighted by molar-refractivity contribution is 0.0608. The van der Waals surface area contributed by atoms with E-state index in [1.165, 1.54) is 37.7 Å². The van der Waals surface area contributed by atoms with Crippen LogP contribution in [0.15, 0.2) is 24.3 Å². The molecule has 144 valence electrons. The maximum atomic E-state index is 11.9. The number of hydrogen-bond donors (Lipinski definition) is 0. The van der Waals surface area contributed by atoms with Gasteiger partial charge in [-0.1, -0.05) is 31.4 Å². The maximum absolute atomic E-state index is 11.9. The van der Waals surface area contributed by atoms with E-state index in [0.717, 1.165) is 44.2 Å². The first-order chi connectivity index (χ1) is 12.6. The van der Waals surface area contributed by atoms with Gasteiger partial charge >= 0.3 is 6.09 Å². The predicted molar refractivity (Wildman–Crippen MR) is 104 cm³/mol. The van der Waals surface area contributed by atoms with Gasteiger partial charge in [-0.2, -0.15) is 0 Å². The van der Waals surface area contributed by atoms with Crippen LogP contribution in [0, 0.1) is 5.92 Å². The first kappa shape index (κ1) is 19.1. The van der Waals surface area contributed by atoms with Crippen molar-refractivity contribution in [3.05, 3.63) is 29.8 Å². The highest BCUT2D eigenvalue weighted by molar-refractivity contribution is 5.67. The van der Waals surface area contributed by atoms with E-state index in [-0.39, 0.29) is 12.2 Å². The van der Waals surface area contributed by atoms with Gasteiger partial charge in [0.1, 0.15) is 5.75 Å². The molecule has 1 saturated carbocycles. The van der Waals surface area contributed by atoms with E-state index in [1.807, 2.05) is 18.7 Å². The molecule has 0 atom stereocenters. The van der Waals surface area contributed by atoms with E-state index < -0.39 is 0 Å². The first-order valence-corrected chi connectivity index (χ1v) is 10.3. The molecule has 1 saturated heterocycles. The zero-order chi connectivity index (χ0) is 18.4.